The van der Waals surface area contributed by atoms with Gasteiger partial charge in [-0.1, -0.05) is 30.3 Å². The van der Waals surface area contributed by atoms with Crippen molar-refractivity contribution in [2.75, 3.05) is 0 Å². The van der Waals surface area contributed by atoms with Crippen LogP contribution >= 0.6 is 0 Å². The minimum Gasteiger partial charge on any atom is -0.445 e. The van der Waals surface area contributed by atoms with Crippen molar-refractivity contribution in [2.24, 2.45) is 0 Å². The molecule has 4 nitrogen and oxygen atoms in total. The lowest BCUT2D eigenvalue weighted by molar-refractivity contribution is -0.0381. The van der Waals surface area contributed by atoms with Crippen molar-refractivity contribution in [2.45, 2.75) is 38.0 Å². The molecule has 0 spiro atoms. The van der Waals surface area contributed by atoms with Gasteiger partial charge in [0.05, 0.1) is 5.60 Å². The first-order chi connectivity index (χ1) is 8.05. The van der Waals surface area contributed by atoms with Crippen LogP contribution in [-0.4, -0.2) is 22.8 Å². The molecule has 0 aromatic heterocycles. The predicted octanol–water partition coefficient (Wildman–Crippen LogP) is 1.83. The maximum Gasteiger partial charge on any atom is 0.407 e. The van der Waals surface area contributed by atoms with Gasteiger partial charge in [0.2, 0.25) is 0 Å². The van der Waals surface area contributed by atoms with Crippen molar-refractivity contribution >= 4 is 6.09 Å². The summed E-state index contributed by atoms with van der Waals surface area (Å²) in [6, 6.07) is 9.57. The highest BCUT2D eigenvalue weighted by Gasteiger charge is 2.39. The SMILES string of the molecule is C[C@]1(O)C[C@H](NC(=O)OCc2ccccc2)C1. The molecule has 0 saturated heterocycles. The second-order valence-corrected chi connectivity index (χ2v) is 4.81. The summed E-state index contributed by atoms with van der Waals surface area (Å²) >= 11 is 0. The van der Waals surface area contributed by atoms with Gasteiger partial charge in [-0.25, -0.2) is 4.79 Å². The van der Waals surface area contributed by atoms with E-state index >= 15 is 0 Å². The number of aliphatic hydroxyl groups is 1. The quantitative estimate of drug-likeness (QED) is 0.840. The smallest absolute Gasteiger partial charge is 0.407 e. The number of nitrogens with one attached hydrogen (secondary N) is 1. The number of hydrogen-bond acceptors (Lipinski definition) is 3. The molecule has 2 N–H and O–H groups in total. The molecule has 1 aliphatic rings. The lowest BCUT2D eigenvalue weighted by Gasteiger charge is -2.40. The van der Waals surface area contributed by atoms with Gasteiger partial charge in [0.1, 0.15) is 6.61 Å². The molecule has 0 unspecified atom stereocenters. The van der Waals surface area contributed by atoms with Crippen LogP contribution in [0.3, 0.4) is 0 Å². The standard InChI is InChI=1S/C13H17NO3/c1-13(16)7-11(8-13)14-12(15)17-9-10-5-3-2-4-6-10/h2-6,11,16H,7-9H2,1H3,(H,14,15)/t11-,13-. The van der Waals surface area contributed by atoms with E-state index in [9.17, 15) is 9.90 Å². The largest absolute Gasteiger partial charge is 0.445 e. The lowest BCUT2D eigenvalue weighted by atomic mass is 9.77. The molecule has 1 aromatic carbocycles. The molecule has 0 heterocycles. The van der Waals surface area contributed by atoms with E-state index in [0.29, 0.717) is 12.8 Å². The van der Waals surface area contributed by atoms with E-state index in [1.807, 2.05) is 30.3 Å². The summed E-state index contributed by atoms with van der Waals surface area (Å²) in [4.78, 5) is 11.4. The van der Waals surface area contributed by atoms with Gasteiger partial charge in [-0.05, 0) is 25.3 Å². The van der Waals surface area contributed by atoms with Gasteiger partial charge in [-0.2, -0.15) is 0 Å². The molecule has 17 heavy (non-hydrogen) atoms. The molecule has 1 aliphatic carbocycles. The summed E-state index contributed by atoms with van der Waals surface area (Å²) < 4.78 is 5.07. The first kappa shape index (κ1) is 11.9. The number of hydrogen-bond donors (Lipinski definition) is 2. The summed E-state index contributed by atoms with van der Waals surface area (Å²) in [6.45, 7) is 2.04. The van der Waals surface area contributed by atoms with Crippen LogP contribution in [0.25, 0.3) is 0 Å². The molecule has 0 radical (unpaired) electrons. The number of carbonyl (C=O) groups is 1. The van der Waals surface area contributed by atoms with E-state index in [4.69, 9.17) is 4.74 Å². The van der Waals surface area contributed by atoms with E-state index in [2.05, 4.69) is 5.32 Å². The van der Waals surface area contributed by atoms with Crippen LogP contribution in [0.5, 0.6) is 0 Å². The Morgan fingerprint density at radius 3 is 2.71 bits per heavy atom. The Kier molecular flexibility index (Phi) is 3.33. The first-order valence-electron chi connectivity index (χ1n) is 5.75. The molecule has 0 bridgehead atoms. The van der Waals surface area contributed by atoms with Gasteiger partial charge < -0.3 is 15.2 Å². The van der Waals surface area contributed by atoms with E-state index in [0.717, 1.165) is 5.56 Å². The molecule has 2 rings (SSSR count). The van der Waals surface area contributed by atoms with E-state index in [-0.39, 0.29) is 12.6 Å². The maximum atomic E-state index is 11.4. The molecule has 92 valence electrons. The van der Waals surface area contributed by atoms with Gasteiger partial charge in [0.25, 0.3) is 0 Å². The van der Waals surface area contributed by atoms with Crippen molar-refractivity contribution in [3.63, 3.8) is 0 Å². The maximum absolute atomic E-state index is 11.4. The monoisotopic (exact) mass is 235 g/mol. The normalized spacial score (nSPS) is 27.1. The third-order valence-electron chi connectivity index (χ3n) is 2.91. The Hall–Kier alpha value is -1.55. The fourth-order valence-corrected chi connectivity index (χ4v) is 2.04. The molecule has 1 saturated carbocycles. The zero-order valence-corrected chi connectivity index (χ0v) is 9.85. The average molecular weight is 235 g/mol. The topological polar surface area (TPSA) is 58.6 Å². The van der Waals surface area contributed by atoms with Crippen LogP contribution in [0.1, 0.15) is 25.3 Å². The Balaban J connectivity index is 1.69. The predicted molar refractivity (Wildman–Crippen MR) is 63.4 cm³/mol. The number of benzene rings is 1. The number of amides is 1. The van der Waals surface area contributed by atoms with Gasteiger partial charge in [-0.15, -0.1) is 0 Å². The Morgan fingerprint density at radius 2 is 2.12 bits per heavy atom. The average Bonchev–Trinajstić information content (AvgIpc) is 2.25. The van der Waals surface area contributed by atoms with Crippen molar-refractivity contribution in [1.29, 1.82) is 0 Å². The van der Waals surface area contributed by atoms with Gasteiger partial charge in [0, 0.05) is 6.04 Å². The molecule has 4 heteroatoms. The Morgan fingerprint density at radius 1 is 1.47 bits per heavy atom. The molecule has 1 amide bonds. The third-order valence-corrected chi connectivity index (χ3v) is 2.91. The van der Waals surface area contributed by atoms with Crippen LogP contribution in [0.15, 0.2) is 30.3 Å². The Bertz CT molecular complexity index is 381. The second-order valence-electron chi connectivity index (χ2n) is 4.81. The summed E-state index contributed by atoms with van der Waals surface area (Å²) in [7, 11) is 0. The number of carbonyl (C=O) groups excluding carboxylic acids is 1. The molecule has 1 fully saturated rings. The second kappa shape index (κ2) is 4.75. The van der Waals surface area contributed by atoms with Gasteiger partial charge >= 0.3 is 6.09 Å². The zero-order chi connectivity index (χ0) is 12.3. The van der Waals surface area contributed by atoms with Gasteiger partial charge in [-0.3, -0.25) is 0 Å². The van der Waals surface area contributed by atoms with E-state index in [1.54, 1.807) is 6.92 Å². The highest BCUT2D eigenvalue weighted by molar-refractivity contribution is 5.67. The van der Waals surface area contributed by atoms with E-state index < -0.39 is 11.7 Å². The van der Waals surface area contributed by atoms with Crippen molar-refractivity contribution in [1.82, 2.24) is 5.32 Å². The fourth-order valence-electron chi connectivity index (χ4n) is 2.04. The van der Waals surface area contributed by atoms with Crippen LogP contribution in [0.4, 0.5) is 4.79 Å². The molecule has 0 atom stereocenters. The number of alkyl carbamates (subject to hydrolysis) is 1. The highest BCUT2D eigenvalue weighted by atomic mass is 16.5. The summed E-state index contributed by atoms with van der Waals surface area (Å²) in [6.07, 6.45) is 0.760. The van der Waals surface area contributed by atoms with Gasteiger partial charge in [0.15, 0.2) is 0 Å². The molecule has 1 aromatic rings. The van der Waals surface area contributed by atoms with Crippen molar-refractivity contribution < 1.29 is 14.6 Å². The molecular weight excluding hydrogens is 218 g/mol. The minimum atomic E-state index is -0.628. The van der Waals surface area contributed by atoms with E-state index in [1.165, 1.54) is 0 Å². The number of ether oxygens (including phenoxy) is 1. The van der Waals surface area contributed by atoms with Crippen LogP contribution in [-0.2, 0) is 11.3 Å². The highest BCUT2D eigenvalue weighted by Crippen LogP contribution is 2.31. The number of rotatable bonds is 3. The summed E-state index contributed by atoms with van der Waals surface area (Å²) in [5.74, 6) is 0. The zero-order valence-electron chi connectivity index (χ0n) is 9.85. The van der Waals surface area contributed by atoms with Crippen molar-refractivity contribution in [3.8, 4) is 0 Å². The fraction of sp³-hybridized carbons (Fsp3) is 0.462. The lowest BCUT2D eigenvalue weighted by Crippen LogP contribution is -2.53. The first-order valence-corrected chi connectivity index (χ1v) is 5.75. The van der Waals surface area contributed by atoms with Crippen molar-refractivity contribution in [3.05, 3.63) is 35.9 Å². The van der Waals surface area contributed by atoms with Crippen LogP contribution < -0.4 is 5.32 Å². The summed E-state index contributed by atoms with van der Waals surface area (Å²) in [5, 5.41) is 12.2. The molecule has 0 aliphatic heterocycles. The van der Waals surface area contributed by atoms with Crippen LogP contribution in [0.2, 0.25) is 0 Å². The minimum absolute atomic E-state index is 0.0354. The summed E-state index contributed by atoms with van der Waals surface area (Å²) in [5.41, 5.74) is 0.334. The Labute approximate surface area is 101 Å². The molecular formula is C13H17NO3. The third kappa shape index (κ3) is 3.46. The van der Waals surface area contributed by atoms with Crippen LogP contribution in [0, 0.1) is 0 Å².